The highest BCUT2D eigenvalue weighted by Gasteiger charge is 2.34. The van der Waals surface area contributed by atoms with Crippen LogP contribution in [0, 0.1) is 11.3 Å². The van der Waals surface area contributed by atoms with Crippen LogP contribution >= 0.6 is 11.3 Å². The Hall–Kier alpha value is -1.14. The number of urea groups is 1. The number of nitrogens with one attached hydrogen (secondary N) is 2. The van der Waals surface area contributed by atoms with E-state index in [1.165, 1.54) is 0 Å². The Bertz CT molecular complexity index is 444. The van der Waals surface area contributed by atoms with Gasteiger partial charge in [0.25, 0.3) is 0 Å². The number of aliphatic hydroxyl groups excluding tert-OH is 1. The summed E-state index contributed by atoms with van der Waals surface area (Å²) in [6, 6.07) is -0.0669. The van der Waals surface area contributed by atoms with E-state index in [2.05, 4.69) is 15.6 Å². The molecule has 0 saturated heterocycles. The van der Waals surface area contributed by atoms with Crippen molar-refractivity contribution < 1.29 is 9.90 Å². The van der Waals surface area contributed by atoms with Crippen molar-refractivity contribution in [2.45, 2.75) is 45.6 Å². The minimum Gasteiger partial charge on any atom is -0.396 e. The first-order valence-corrected chi connectivity index (χ1v) is 8.44. The van der Waals surface area contributed by atoms with Crippen molar-refractivity contribution in [1.29, 1.82) is 0 Å². The van der Waals surface area contributed by atoms with Crippen LogP contribution in [0.4, 0.5) is 4.79 Å². The summed E-state index contributed by atoms with van der Waals surface area (Å²) < 4.78 is 0. The van der Waals surface area contributed by atoms with Crippen LogP contribution in [0.1, 0.15) is 50.6 Å². The summed E-state index contributed by atoms with van der Waals surface area (Å²) in [7, 11) is 0. The standard InChI is InChI=1S/C15H25N3O2S/c1-15(2,10-19)6-3-7-17-14(20)18-12(11-4-5-11)13-16-8-9-21-13/h8-9,11-12,19H,3-7,10H2,1-2H3,(H2,17,18,20). The lowest BCUT2D eigenvalue weighted by atomic mass is 9.89. The number of rotatable bonds is 8. The summed E-state index contributed by atoms with van der Waals surface area (Å²) in [5.74, 6) is 0.537. The number of hydrogen-bond acceptors (Lipinski definition) is 4. The van der Waals surface area contributed by atoms with Gasteiger partial charge >= 0.3 is 6.03 Å². The van der Waals surface area contributed by atoms with Crippen LogP contribution in [0.15, 0.2) is 11.6 Å². The number of amides is 2. The molecule has 0 spiro atoms. The van der Waals surface area contributed by atoms with E-state index in [-0.39, 0.29) is 24.1 Å². The number of aliphatic hydroxyl groups is 1. The van der Waals surface area contributed by atoms with Gasteiger partial charge in [-0.25, -0.2) is 9.78 Å². The quantitative estimate of drug-likeness (QED) is 0.646. The number of thiazole rings is 1. The molecular formula is C15H25N3O2S. The third-order valence-corrected chi connectivity index (χ3v) is 4.70. The van der Waals surface area contributed by atoms with E-state index in [0.717, 1.165) is 30.7 Å². The van der Waals surface area contributed by atoms with Gasteiger partial charge in [-0.2, -0.15) is 0 Å². The van der Waals surface area contributed by atoms with Crippen molar-refractivity contribution in [3.05, 3.63) is 16.6 Å². The van der Waals surface area contributed by atoms with Crippen molar-refractivity contribution in [2.24, 2.45) is 11.3 Å². The minimum absolute atomic E-state index is 0.0545. The van der Waals surface area contributed by atoms with Gasteiger partial charge in [-0.3, -0.25) is 0 Å². The lowest BCUT2D eigenvalue weighted by Crippen LogP contribution is -2.39. The molecule has 5 nitrogen and oxygen atoms in total. The third kappa shape index (κ3) is 5.28. The molecule has 1 aromatic heterocycles. The molecule has 0 aliphatic heterocycles. The highest BCUT2D eigenvalue weighted by molar-refractivity contribution is 7.09. The van der Waals surface area contributed by atoms with Crippen LogP contribution in [0.5, 0.6) is 0 Å². The highest BCUT2D eigenvalue weighted by atomic mass is 32.1. The Kier molecular flexibility index (Phi) is 5.58. The lowest BCUT2D eigenvalue weighted by molar-refractivity contribution is 0.148. The predicted molar refractivity (Wildman–Crippen MR) is 84.2 cm³/mol. The average molecular weight is 311 g/mol. The molecule has 1 atom stereocenters. The summed E-state index contributed by atoms with van der Waals surface area (Å²) in [6.07, 6.45) is 5.87. The van der Waals surface area contributed by atoms with Crippen molar-refractivity contribution in [2.75, 3.05) is 13.2 Å². The molecule has 1 aromatic rings. The average Bonchev–Trinajstić information content (AvgIpc) is 3.15. The monoisotopic (exact) mass is 311 g/mol. The molecule has 0 aromatic carbocycles. The van der Waals surface area contributed by atoms with E-state index in [0.29, 0.717) is 12.5 Å². The lowest BCUT2D eigenvalue weighted by Gasteiger charge is -2.21. The molecule has 1 unspecified atom stereocenters. The van der Waals surface area contributed by atoms with Gasteiger partial charge in [-0.1, -0.05) is 13.8 Å². The second kappa shape index (κ2) is 7.22. The number of nitrogens with zero attached hydrogens (tertiary/aromatic N) is 1. The smallest absolute Gasteiger partial charge is 0.315 e. The maximum atomic E-state index is 12.0. The van der Waals surface area contributed by atoms with E-state index in [1.807, 2.05) is 19.2 Å². The Labute approximate surface area is 130 Å². The fraction of sp³-hybridized carbons (Fsp3) is 0.733. The van der Waals surface area contributed by atoms with Gasteiger partial charge in [0.2, 0.25) is 0 Å². The van der Waals surface area contributed by atoms with Crippen LogP contribution in [0.2, 0.25) is 0 Å². The third-order valence-electron chi connectivity index (χ3n) is 3.84. The topological polar surface area (TPSA) is 74.2 Å². The number of carbonyl (C=O) groups is 1. The summed E-state index contributed by atoms with van der Waals surface area (Å²) in [5.41, 5.74) is -0.0738. The molecule has 118 valence electrons. The molecule has 1 aliphatic carbocycles. The molecule has 1 aliphatic rings. The minimum atomic E-state index is -0.121. The van der Waals surface area contributed by atoms with E-state index in [1.54, 1.807) is 17.5 Å². The number of aromatic nitrogens is 1. The second-order valence-electron chi connectivity index (χ2n) is 6.51. The zero-order valence-corrected chi connectivity index (χ0v) is 13.6. The first-order chi connectivity index (χ1) is 10.0. The normalized spacial score (nSPS) is 16.5. The molecule has 0 radical (unpaired) electrons. The second-order valence-corrected chi connectivity index (χ2v) is 7.44. The first-order valence-electron chi connectivity index (χ1n) is 7.56. The largest absolute Gasteiger partial charge is 0.396 e. The van der Waals surface area contributed by atoms with E-state index < -0.39 is 0 Å². The van der Waals surface area contributed by atoms with Crippen LogP contribution in [0.3, 0.4) is 0 Å². The number of hydrogen-bond donors (Lipinski definition) is 3. The molecule has 6 heteroatoms. The van der Waals surface area contributed by atoms with E-state index in [4.69, 9.17) is 0 Å². The molecule has 0 bridgehead atoms. The molecule has 1 heterocycles. The zero-order valence-electron chi connectivity index (χ0n) is 12.8. The fourth-order valence-corrected chi connectivity index (χ4v) is 3.02. The predicted octanol–water partition coefficient (Wildman–Crippen LogP) is 2.69. The van der Waals surface area contributed by atoms with Crippen molar-refractivity contribution in [3.63, 3.8) is 0 Å². The summed E-state index contributed by atoms with van der Waals surface area (Å²) in [5, 5.41) is 18.1. The Balaban J connectivity index is 1.71. The molecule has 21 heavy (non-hydrogen) atoms. The van der Waals surface area contributed by atoms with E-state index >= 15 is 0 Å². The fourth-order valence-electron chi connectivity index (χ4n) is 2.24. The number of carbonyl (C=O) groups excluding carboxylic acids is 1. The van der Waals surface area contributed by atoms with Gasteiger partial charge in [0.1, 0.15) is 5.01 Å². The van der Waals surface area contributed by atoms with Gasteiger partial charge in [-0.15, -0.1) is 11.3 Å². The van der Waals surface area contributed by atoms with Gasteiger partial charge in [0.15, 0.2) is 0 Å². The van der Waals surface area contributed by atoms with Crippen molar-refractivity contribution in [1.82, 2.24) is 15.6 Å². The summed E-state index contributed by atoms with van der Waals surface area (Å²) in [6.45, 7) is 4.86. The molecule has 1 fully saturated rings. The Morgan fingerprint density at radius 1 is 1.57 bits per heavy atom. The first kappa shape index (κ1) is 16.2. The SMILES string of the molecule is CC(C)(CO)CCCNC(=O)NC(c1nccs1)C1CC1. The van der Waals surface area contributed by atoms with Crippen LogP contribution in [-0.4, -0.2) is 29.3 Å². The summed E-state index contributed by atoms with van der Waals surface area (Å²) in [4.78, 5) is 16.3. The van der Waals surface area contributed by atoms with Crippen LogP contribution in [-0.2, 0) is 0 Å². The molecule has 3 N–H and O–H groups in total. The zero-order chi connectivity index (χ0) is 15.3. The van der Waals surface area contributed by atoms with Crippen LogP contribution in [0.25, 0.3) is 0 Å². The maximum Gasteiger partial charge on any atom is 0.315 e. The van der Waals surface area contributed by atoms with E-state index in [9.17, 15) is 9.90 Å². The van der Waals surface area contributed by atoms with Crippen LogP contribution < -0.4 is 10.6 Å². The molecule has 1 saturated carbocycles. The summed E-state index contributed by atoms with van der Waals surface area (Å²) >= 11 is 1.59. The highest BCUT2D eigenvalue weighted by Crippen LogP contribution is 2.41. The molecular weight excluding hydrogens is 286 g/mol. The van der Waals surface area contributed by atoms with Crippen molar-refractivity contribution >= 4 is 17.4 Å². The molecule has 2 rings (SSSR count). The van der Waals surface area contributed by atoms with Crippen molar-refractivity contribution in [3.8, 4) is 0 Å². The maximum absolute atomic E-state index is 12.0. The Morgan fingerprint density at radius 3 is 2.90 bits per heavy atom. The van der Waals surface area contributed by atoms with Gasteiger partial charge in [0, 0.05) is 24.7 Å². The Morgan fingerprint density at radius 2 is 2.33 bits per heavy atom. The van der Waals surface area contributed by atoms with Gasteiger partial charge in [-0.05, 0) is 37.0 Å². The molecule has 2 amide bonds. The van der Waals surface area contributed by atoms with Gasteiger partial charge in [0.05, 0.1) is 6.04 Å². The van der Waals surface area contributed by atoms with Gasteiger partial charge < -0.3 is 15.7 Å².